The van der Waals surface area contributed by atoms with E-state index in [1.807, 2.05) is 0 Å². The Bertz CT molecular complexity index is 941. The average molecular weight is 574 g/mol. The monoisotopic (exact) mass is 572 g/mol. The Morgan fingerprint density at radius 3 is 2.63 bits per heavy atom. The summed E-state index contributed by atoms with van der Waals surface area (Å²) in [4.78, 5) is 44.1. The van der Waals surface area contributed by atoms with Crippen molar-refractivity contribution < 1.29 is 46.7 Å². The summed E-state index contributed by atoms with van der Waals surface area (Å²) in [6, 6.07) is -0.602. The third-order valence-corrected chi connectivity index (χ3v) is 7.58. The van der Waals surface area contributed by atoms with Crippen LogP contribution in [-0.2, 0) is 19.2 Å². The minimum Gasteiger partial charge on any atom is -1.00 e. The molecule has 4 rings (SSSR count). The molecule has 2 fully saturated rings. The molecule has 198 valence electrons. The lowest BCUT2D eigenvalue weighted by Crippen LogP contribution is -3.00. The predicted octanol–water partition coefficient (Wildman–Crippen LogP) is -3.10. The number of quaternary nitrogens is 1. The number of oxime groups is 1. The van der Waals surface area contributed by atoms with Gasteiger partial charge in [-0.25, -0.2) is 9.78 Å². The highest BCUT2D eigenvalue weighted by Crippen LogP contribution is 2.41. The molecule has 0 aromatic carbocycles. The molecule has 2 amide bonds. The van der Waals surface area contributed by atoms with Gasteiger partial charge in [-0.15, -0.1) is 35.5 Å². The number of rotatable bonds is 7. The van der Waals surface area contributed by atoms with Crippen molar-refractivity contribution in [3.63, 3.8) is 0 Å². The van der Waals surface area contributed by atoms with Crippen molar-refractivity contribution in [1.82, 2.24) is 15.2 Å². The fourth-order valence-corrected chi connectivity index (χ4v) is 5.94. The van der Waals surface area contributed by atoms with Crippen molar-refractivity contribution in [1.29, 1.82) is 0 Å². The smallest absolute Gasteiger partial charge is 0.352 e. The van der Waals surface area contributed by atoms with Crippen LogP contribution in [0, 0.1) is 0 Å². The molecule has 16 heteroatoms. The van der Waals surface area contributed by atoms with E-state index < -0.39 is 12.0 Å². The number of β-lactam (4-membered cyclic amide) rings is 1. The van der Waals surface area contributed by atoms with E-state index in [2.05, 4.69) is 27.3 Å². The first kappa shape index (κ1) is 32.9. The number of hydrogen-bond acceptors (Lipinski definition) is 9. The van der Waals surface area contributed by atoms with Crippen LogP contribution in [0.5, 0.6) is 0 Å². The summed E-state index contributed by atoms with van der Waals surface area (Å²) in [5, 5.41) is 17.6. The number of nitrogens with zero attached hydrogens (tertiary/aromatic N) is 4. The Kier molecular flexibility index (Phi) is 13.6. The molecule has 0 aliphatic carbocycles. The molecule has 0 saturated carbocycles. The molecule has 0 unspecified atom stereocenters. The lowest BCUT2D eigenvalue weighted by atomic mass is 10.0. The number of fused-ring (bicyclic) bond motifs is 1. The van der Waals surface area contributed by atoms with E-state index in [9.17, 15) is 19.5 Å². The molecule has 3 aliphatic rings. The molecule has 6 N–H and O–H groups in total. The summed E-state index contributed by atoms with van der Waals surface area (Å²) in [7, 11) is 3.62. The zero-order chi connectivity index (χ0) is 23.3. The third-order valence-electron chi connectivity index (χ3n) is 5.55. The first-order chi connectivity index (χ1) is 15.3. The van der Waals surface area contributed by atoms with Crippen molar-refractivity contribution in [2.24, 2.45) is 5.16 Å². The summed E-state index contributed by atoms with van der Waals surface area (Å²) in [6.07, 6.45) is 4.33. The number of carboxylic acids is 1. The van der Waals surface area contributed by atoms with E-state index in [-0.39, 0.29) is 47.3 Å². The number of nitrogens with one attached hydrogen (secondary N) is 1. The Hall–Kier alpha value is -2.10. The number of thioether (sulfide) groups is 1. The number of halogens is 2. The number of hydrogen-bond donors (Lipinski definition) is 3. The number of carbonyl (C=O) groups is 3. The van der Waals surface area contributed by atoms with Crippen LogP contribution in [0.4, 0.5) is 5.13 Å². The number of likely N-dealkylation sites (tertiary alicyclic amines) is 1. The molecular formula is C19H30Cl2N6O6S2. The number of anilines is 1. The Balaban J connectivity index is 0.000000764. The largest absolute Gasteiger partial charge is 1.00 e. The lowest BCUT2D eigenvalue weighted by molar-refractivity contribution is -0.893. The molecule has 2 saturated heterocycles. The number of amides is 2. The number of aromatic nitrogens is 1. The molecule has 3 aliphatic heterocycles. The number of carbonyl (C=O) groups excluding carboxylic acids is 2. The normalized spacial score (nSPS) is 21.8. The molecule has 35 heavy (non-hydrogen) atoms. The minimum atomic E-state index is -1.05. The fraction of sp³-hybridized carbons (Fsp3) is 0.526. The van der Waals surface area contributed by atoms with Gasteiger partial charge >= 0.3 is 5.97 Å². The number of nitrogens with two attached hydrogens (primary N) is 1. The van der Waals surface area contributed by atoms with Crippen LogP contribution in [0.3, 0.4) is 0 Å². The van der Waals surface area contributed by atoms with E-state index in [0.717, 1.165) is 41.7 Å². The second kappa shape index (κ2) is 14.5. The molecule has 0 spiro atoms. The topological polar surface area (TPSA) is 179 Å². The van der Waals surface area contributed by atoms with Gasteiger partial charge < -0.3 is 43.4 Å². The summed E-state index contributed by atoms with van der Waals surface area (Å²) in [5.41, 5.74) is 7.04. The summed E-state index contributed by atoms with van der Waals surface area (Å²) in [6.45, 7) is 2.78. The van der Waals surface area contributed by atoms with E-state index >= 15 is 0 Å². The van der Waals surface area contributed by atoms with Crippen molar-refractivity contribution in [2.75, 3.05) is 45.3 Å². The molecule has 2 atom stereocenters. The number of aliphatic carboxylic acids is 1. The third kappa shape index (κ3) is 7.69. The fourth-order valence-electron chi connectivity index (χ4n) is 4.08. The van der Waals surface area contributed by atoms with E-state index in [0.29, 0.717) is 23.8 Å². The zero-order valence-corrected chi connectivity index (χ0v) is 22.4. The van der Waals surface area contributed by atoms with Gasteiger partial charge in [0.15, 0.2) is 5.13 Å². The van der Waals surface area contributed by atoms with Crippen LogP contribution in [0.15, 0.2) is 21.8 Å². The Morgan fingerprint density at radius 1 is 1.46 bits per heavy atom. The van der Waals surface area contributed by atoms with Gasteiger partial charge in [0, 0.05) is 29.5 Å². The van der Waals surface area contributed by atoms with Gasteiger partial charge in [0.2, 0.25) is 6.41 Å². The van der Waals surface area contributed by atoms with Gasteiger partial charge in [0.05, 0.1) is 32.0 Å². The van der Waals surface area contributed by atoms with E-state index in [4.69, 9.17) is 5.73 Å². The summed E-state index contributed by atoms with van der Waals surface area (Å²) in [5.74, 6) is -0.784. The molecule has 0 bridgehead atoms. The highest BCUT2D eigenvalue weighted by Gasteiger charge is 2.54. The van der Waals surface area contributed by atoms with Crippen molar-refractivity contribution in [2.45, 2.75) is 24.3 Å². The van der Waals surface area contributed by atoms with Gasteiger partial charge in [-0.05, 0) is 0 Å². The molecule has 1 aromatic heterocycles. The summed E-state index contributed by atoms with van der Waals surface area (Å²) < 4.78 is 0.843. The second-order valence-electron chi connectivity index (χ2n) is 7.89. The number of nitrogen functional groups attached to an aromatic ring is 1. The van der Waals surface area contributed by atoms with Gasteiger partial charge in [0.25, 0.3) is 5.91 Å². The van der Waals surface area contributed by atoms with Gasteiger partial charge in [-0.1, -0.05) is 5.16 Å². The number of thiazole rings is 1. The van der Waals surface area contributed by atoms with Crippen LogP contribution in [0.2, 0.25) is 0 Å². The highest BCUT2D eigenvalue weighted by molar-refractivity contribution is 8.00. The first-order valence-corrected chi connectivity index (χ1v) is 11.9. The molecule has 12 nitrogen and oxygen atoms in total. The molecule has 0 radical (unpaired) electrons. The number of carboxylic acid groups (broad SMARTS) is 1. The van der Waals surface area contributed by atoms with Crippen LogP contribution in [0.1, 0.15) is 18.5 Å². The quantitative estimate of drug-likeness (QED) is 0.101. The maximum Gasteiger partial charge on any atom is 0.352 e. The lowest BCUT2D eigenvalue weighted by Gasteiger charge is -2.49. The summed E-state index contributed by atoms with van der Waals surface area (Å²) >= 11 is 2.90. The molecule has 1 aromatic rings. The molecular weight excluding hydrogens is 543 g/mol. The predicted molar refractivity (Wildman–Crippen MR) is 133 cm³/mol. The Labute approximate surface area is 223 Å². The second-order valence-corrected chi connectivity index (χ2v) is 9.88. The van der Waals surface area contributed by atoms with E-state index in [1.54, 1.807) is 5.38 Å². The van der Waals surface area contributed by atoms with Gasteiger partial charge in [0.1, 0.15) is 30.8 Å². The van der Waals surface area contributed by atoms with Crippen molar-refractivity contribution in [3.05, 3.63) is 22.3 Å². The molecule has 4 heterocycles. The zero-order valence-electron chi connectivity index (χ0n) is 19.2. The highest BCUT2D eigenvalue weighted by atomic mass is 35.5. The van der Waals surface area contributed by atoms with Crippen molar-refractivity contribution in [3.8, 4) is 0 Å². The van der Waals surface area contributed by atoms with Crippen LogP contribution >= 0.6 is 35.5 Å². The van der Waals surface area contributed by atoms with Gasteiger partial charge in [-0.2, -0.15) is 0 Å². The minimum absolute atomic E-state index is 0. The van der Waals surface area contributed by atoms with Crippen LogP contribution in [-0.4, -0.2) is 100 Å². The number of likely N-dealkylation sites (N-methyl/N-ethyl adjacent to an activating group) is 1. The van der Waals surface area contributed by atoms with Gasteiger partial charge in [-0.3, -0.25) is 14.5 Å². The maximum atomic E-state index is 12.2. The SMILES string of the molecule is CO/N=C/c1csc(N)n1.C[N+]1(CC2=C(C(=O)O)N3C(=O)[C@@H](NC=O)[C@H]3SC2)CCCC1.Cl.O.[Cl-]. The maximum absolute atomic E-state index is 12.2. The first-order valence-electron chi connectivity index (χ1n) is 10.0. The average Bonchev–Trinajstić information content (AvgIpc) is 3.38. The standard InChI is InChI=1S/C14H19N3O4S.C5H7N3OS.2ClH.H2O/c1-17(4-2-3-5-17)6-9-7-22-13-10(15-8-18)12(19)16(13)11(9)14(20)21;1-9-7-2-4-3-10-5(6)8-4;;;/h8,10,13H,2-7H2,1H3,(H-,15,18,20,21);2-3H,1H3,(H2,6,8);2*1H;1H2/b;7-2+;;;/t10-,13-;;;;/m1..../s1. The van der Waals surface area contributed by atoms with Crippen LogP contribution < -0.4 is 23.5 Å². The van der Waals surface area contributed by atoms with Crippen LogP contribution in [0.25, 0.3) is 0 Å². The van der Waals surface area contributed by atoms with Crippen molar-refractivity contribution >= 4 is 65.1 Å². The van der Waals surface area contributed by atoms with E-state index in [1.165, 1.54) is 41.3 Å². The Morgan fingerprint density at radius 2 is 2.11 bits per heavy atom.